The molecule has 3 fully saturated rings. The number of nitrogens with one attached hydrogen (secondary N) is 1. The maximum absolute atomic E-state index is 13.7. The molecule has 3 saturated heterocycles. The first-order valence-electron chi connectivity index (χ1n) is 11.2. The Morgan fingerprint density at radius 2 is 2.10 bits per heavy atom. The molecule has 3 atom stereocenters. The standard InChI is InChI=1S/C24H32N4O2/c1-16(2)11-19-13-21(26-25-19)22-12-18-15-27(14-17-5-7-20(30-3)8-6-17)23(29)24(18)9-4-10-28(22)24/h5-8,13,16,18,22H,4,9-12,14-15H2,1-3H3,(H,25,26)/t18-,22-,24-/m0/s1. The topological polar surface area (TPSA) is 61.5 Å². The SMILES string of the molecule is COc1ccc(CN2C[C@@H]3C[C@@H](c4cc(CC(C)C)[nH]n4)N4CCC[C@@]34C2=O)cc1. The zero-order valence-electron chi connectivity index (χ0n) is 18.2. The third kappa shape index (κ3) is 3.04. The zero-order valence-corrected chi connectivity index (χ0v) is 18.2. The highest BCUT2D eigenvalue weighted by Crippen LogP contribution is 2.55. The van der Waals surface area contributed by atoms with E-state index >= 15 is 0 Å². The molecule has 0 bridgehead atoms. The van der Waals surface area contributed by atoms with Crippen molar-refractivity contribution in [3.05, 3.63) is 47.3 Å². The molecule has 160 valence electrons. The number of hydrogen-bond acceptors (Lipinski definition) is 4. The number of H-pyrrole nitrogens is 1. The first-order chi connectivity index (χ1) is 14.5. The lowest BCUT2D eigenvalue weighted by Gasteiger charge is -2.33. The second-order valence-electron chi connectivity index (χ2n) is 9.62. The predicted octanol–water partition coefficient (Wildman–Crippen LogP) is 3.55. The molecule has 5 rings (SSSR count). The monoisotopic (exact) mass is 408 g/mol. The molecule has 0 aliphatic carbocycles. The van der Waals surface area contributed by atoms with E-state index < -0.39 is 0 Å². The summed E-state index contributed by atoms with van der Waals surface area (Å²) in [6, 6.07) is 10.6. The molecule has 30 heavy (non-hydrogen) atoms. The van der Waals surface area contributed by atoms with Gasteiger partial charge in [-0.3, -0.25) is 14.8 Å². The van der Waals surface area contributed by atoms with Crippen molar-refractivity contribution in [2.45, 2.75) is 57.7 Å². The number of likely N-dealkylation sites (tertiary alicyclic amines) is 1. The molecule has 1 N–H and O–H groups in total. The van der Waals surface area contributed by atoms with Gasteiger partial charge in [0.05, 0.1) is 18.8 Å². The van der Waals surface area contributed by atoms with E-state index in [-0.39, 0.29) is 11.6 Å². The van der Waals surface area contributed by atoms with Crippen LogP contribution in [0.25, 0.3) is 0 Å². The number of ether oxygens (including phenoxy) is 1. The van der Waals surface area contributed by atoms with E-state index in [0.717, 1.165) is 55.8 Å². The van der Waals surface area contributed by atoms with Crippen molar-refractivity contribution in [2.24, 2.45) is 11.8 Å². The maximum atomic E-state index is 13.7. The van der Waals surface area contributed by atoms with Gasteiger partial charge in [-0.05, 0) is 61.9 Å². The minimum atomic E-state index is -0.311. The molecule has 0 saturated carbocycles. The molecule has 3 aliphatic rings. The lowest BCUT2D eigenvalue weighted by molar-refractivity contribution is -0.137. The fourth-order valence-electron chi connectivity index (χ4n) is 6.04. The fourth-order valence-corrected chi connectivity index (χ4v) is 6.04. The summed E-state index contributed by atoms with van der Waals surface area (Å²) >= 11 is 0. The van der Waals surface area contributed by atoms with Gasteiger partial charge in [0, 0.05) is 24.7 Å². The number of hydrogen-bond donors (Lipinski definition) is 1. The highest BCUT2D eigenvalue weighted by Gasteiger charge is 2.65. The van der Waals surface area contributed by atoms with Crippen molar-refractivity contribution in [3.63, 3.8) is 0 Å². The van der Waals surface area contributed by atoms with Gasteiger partial charge in [0.2, 0.25) is 5.91 Å². The minimum Gasteiger partial charge on any atom is -0.497 e. The highest BCUT2D eigenvalue weighted by atomic mass is 16.5. The van der Waals surface area contributed by atoms with E-state index in [1.807, 2.05) is 12.1 Å². The van der Waals surface area contributed by atoms with Crippen LogP contribution >= 0.6 is 0 Å². The first kappa shape index (κ1) is 19.6. The number of aromatic amines is 1. The van der Waals surface area contributed by atoms with Gasteiger partial charge in [0.15, 0.2) is 0 Å². The third-order valence-corrected chi connectivity index (χ3v) is 7.28. The lowest BCUT2D eigenvalue weighted by Crippen LogP contribution is -2.49. The average Bonchev–Trinajstić information content (AvgIpc) is 3.46. The Morgan fingerprint density at radius 1 is 1.30 bits per heavy atom. The zero-order chi connectivity index (χ0) is 20.9. The van der Waals surface area contributed by atoms with Gasteiger partial charge < -0.3 is 9.64 Å². The lowest BCUT2D eigenvalue weighted by atomic mass is 9.85. The van der Waals surface area contributed by atoms with Crippen LogP contribution in [-0.2, 0) is 17.8 Å². The molecule has 6 heteroatoms. The van der Waals surface area contributed by atoms with Crippen molar-refractivity contribution in [1.82, 2.24) is 20.0 Å². The van der Waals surface area contributed by atoms with Crippen LogP contribution in [-0.4, -0.2) is 51.6 Å². The number of carbonyl (C=O) groups is 1. The van der Waals surface area contributed by atoms with E-state index in [1.54, 1.807) is 7.11 Å². The van der Waals surface area contributed by atoms with Gasteiger partial charge >= 0.3 is 0 Å². The summed E-state index contributed by atoms with van der Waals surface area (Å²) in [5, 5.41) is 7.90. The number of methoxy groups -OCH3 is 1. The molecule has 0 radical (unpaired) electrons. The number of aromatic nitrogens is 2. The second-order valence-corrected chi connectivity index (χ2v) is 9.62. The number of carbonyl (C=O) groups excluding carboxylic acids is 1. The highest BCUT2D eigenvalue weighted by molar-refractivity contribution is 5.90. The van der Waals surface area contributed by atoms with E-state index in [4.69, 9.17) is 4.74 Å². The number of nitrogens with zero attached hydrogens (tertiary/aromatic N) is 3. The maximum Gasteiger partial charge on any atom is 0.243 e. The minimum absolute atomic E-state index is 0.266. The Morgan fingerprint density at radius 3 is 2.83 bits per heavy atom. The molecule has 1 aromatic heterocycles. The van der Waals surface area contributed by atoms with E-state index in [1.165, 1.54) is 5.69 Å². The normalized spacial score (nSPS) is 28.4. The van der Waals surface area contributed by atoms with Crippen LogP contribution in [0.1, 0.15) is 56.1 Å². The van der Waals surface area contributed by atoms with Crippen LogP contribution < -0.4 is 4.74 Å². The van der Waals surface area contributed by atoms with Crippen molar-refractivity contribution >= 4 is 5.91 Å². The molecule has 2 aromatic rings. The molecule has 1 amide bonds. The first-order valence-corrected chi connectivity index (χ1v) is 11.2. The summed E-state index contributed by atoms with van der Waals surface area (Å²) in [5.74, 6) is 2.16. The number of rotatable bonds is 6. The van der Waals surface area contributed by atoms with Gasteiger partial charge in [-0.2, -0.15) is 5.10 Å². The van der Waals surface area contributed by atoms with Crippen molar-refractivity contribution in [2.75, 3.05) is 20.2 Å². The quantitative estimate of drug-likeness (QED) is 0.794. The molecule has 0 unspecified atom stereocenters. The Labute approximate surface area is 178 Å². The molecule has 4 heterocycles. The molecule has 3 aliphatic heterocycles. The van der Waals surface area contributed by atoms with E-state index in [0.29, 0.717) is 24.3 Å². The summed E-state index contributed by atoms with van der Waals surface area (Å²) < 4.78 is 5.26. The second kappa shape index (κ2) is 7.41. The molecule has 1 aromatic carbocycles. The Hall–Kier alpha value is -2.34. The van der Waals surface area contributed by atoms with Crippen LogP contribution in [0.2, 0.25) is 0 Å². The molecule has 6 nitrogen and oxygen atoms in total. The third-order valence-electron chi connectivity index (χ3n) is 7.28. The summed E-state index contributed by atoms with van der Waals surface area (Å²) in [5.41, 5.74) is 3.18. The van der Waals surface area contributed by atoms with Crippen molar-refractivity contribution < 1.29 is 9.53 Å². The average molecular weight is 409 g/mol. The van der Waals surface area contributed by atoms with Crippen LogP contribution in [0.15, 0.2) is 30.3 Å². The fraction of sp³-hybridized carbons (Fsp3) is 0.583. The van der Waals surface area contributed by atoms with Gasteiger partial charge in [0.25, 0.3) is 0 Å². The van der Waals surface area contributed by atoms with Crippen LogP contribution in [0.3, 0.4) is 0 Å². The van der Waals surface area contributed by atoms with Crippen molar-refractivity contribution in [1.29, 1.82) is 0 Å². The predicted molar refractivity (Wildman–Crippen MR) is 115 cm³/mol. The van der Waals surface area contributed by atoms with Gasteiger partial charge in [0.1, 0.15) is 11.3 Å². The summed E-state index contributed by atoms with van der Waals surface area (Å²) in [6.07, 6.45) is 4.12. The van der Waals surface area contributed by atoms with E-state index in [9.17, 15) is 4.79 Å². The Balaban J connectivity index is 1.35. The number of benzene rings is 1. The smallest absolute Gasteiger partial charge is 0.243 e. The summed E-state index contributed by atoms with van der Waals surface area (Å²) in [7, 11) is 1.68. The van der Waals surface area contributed by atoms with Gasteiger partial charge in [-0.1, -0.05) is 26.0 Å². The van der Waals surface area contributed by atoms with E-state index in [2.05, 4.69) is 52.0 Å². The molecular formula is C24H32N4O2. The summed E-state index contributed by atoms with van der Waals surface area (Å²) in [6.45, 7) is 6.98. The molecule has 1 spiro atoms. The van der Waals surface area contributed by atoms with Crippen LogP contribution in [0.5, 0.6) is 5.75 Å². The largest absolute Gasteiger partial charge is 0.497 e. The Bertz CT molecular complexity index is 922. The number of amides is 1. The Kier molecular flexibility index (Phi) is 4.85. The van der Waals surface area contributed by atoms with Crippen molar-refractivity contribution in [3.8, 4) is 5.75 Å². The van der Waals surface area contributed by atoms with Gasteiger partial charge in [-0.25, -0.2) is 0 Å². The van der Waals surface area contributed by atoms with Crippen LogP contribution in [0, 0.1) is 11.8 Å². The van der Waals surface area contributed by atoms with Crippen LogP contribution in [0.4, 0.5) is 0 Å². The summed E-state index contributed by atoms with van der Waals surface area (Å²) in [4.78, 5) is 18.2. The van der Waals surface area contributed by atoms with Gasteiger partial charge in [-0.15, -0.1) is 0 Å². The molecular weight excluding hydrogens is 376 g/mol.